The molecule has 1 fully saturated rings. The molecule has 0 radical (unpaired) electrons. The molecule has 0 amide bonds. The van der Waals surface area contributed by atoms with Crippen LogP contribution >= 0.6 is 0 Å². The Hall–Kier alpha value is -2.99. The molecule has 0 spiro atoms. The van der Waals surface area contributed by atoms with E-state index in [1.165, 1.54) is 6.07 Å². The number of halogens is 1. The quantitative estimate of drug-likeness (QED) is 0.533. The van der Waals surface area contributed by atoms with Crippen LogP contribution < -0.4 is 0 Å². The average molecular weight is 392 g/mol. The standard InChI is InChI=1S/C22H17FN2O2S/c23-20-12-14(19-3-1-2-4-21(19)28(26,27)17-6-7-17)5-8-18(20)16-11-15-9-10-24-22(15)25-13-16/h1-5,8-13,17H,6-7H2,(H,24,25). The van der Waals surface area contributed by atoms with Crippen molar-refractivity contribution in [1.29, 1.82) is 0 Å². The lowest BCUT2D eigenvalue weighted by molar-refractivity contribution is 0.595. The van der Waals surface area contributed by atoms with E-state index < -0.39 is 15.7 Å². The summed E-state index contributed by atoms with van der Waals surface area (Å²) in [6, 6.07) is 15.4. The molecule has 1 saturated carbocycles. The van der Waals surface area contributed by atoms with Crippen molar-refractivity contribution in [1.82, 2.24) is 9.97 Å². The lowest BCUT2D eigenvalue weighted by Crippen LogP contribution is -2.08. The lowest BCUT2D eigenvalue weighted by Gasteiger charge is -2.12. The minimum Gasteiger partial charge on any atom is -0.346 e. The van der Waals surface area contributed by atoms with Gasteiger partial charge in [-0.2, -0.15) is 0 Å². The van der Waals surface area contributed by atoms with Crippen molar-refractivity contribution in [2.24, 2.45) is 0 Å². The van der Waals surface area contributed by atoms with Crippen molar-refractivity contribution >= 4 is 20.9 Å². The molecule has 0 bridgehead atoms. The van der Waals surface area contributed by atoms with E-state index in [2.05, 4.69) is 9.97 Å². The molecule has 2 aromatic heterocycles. The third kappa shape index (κ3) is 2.81. The first kappa shape index (κ1) is 17.1. The molecule has 6 heteroatoms. The summed E-state index contributed by atoms with van der Waals surface area (Å²) in [6.07, 6.45) is 4.80. The van der Waals surface area contributed by atoms with Gasteiger partial charge in [0.05, 0.1) is 10.1 Å². The minimum absolute atomic E-state index is 0.278. The predicted molar refractivity (Wildman–Crippen MR) is 107 cm³/mol. The van der Waals surface area contributed by atoms with Crippen LogP contribution in [0.2, 0.25) is 0 Å². The molecule has 1 N–H and O–H groups in total. The molecular formula is C22H17FN2O2S. The molecular weight excluding hydrogens is 375 g/mol. The van der Waals surface area contributed by atoms with Gasteiger partial charge in [0.2, 0.25) is 0 Å². The maximum atomic E-state index is 15.0. The van der Waals surface area contributed by atoms with Crippen LogP contribution in [0.1, 0.15) is 12.8 Å². The second kappa shape index (κ2) is 6.27. The molecule has 0 atom stereocenters. The number of fused-ring (bicyclic) bond motifs is 1. The zero-order valence-corrected chi connectivity index (χ0v) is 15.7. The molecule has 0 aliphatic heterocycles. The van der Waals surface area contributed by atoms with Crippen LogP contribution in [0.4, 0.5) is 4.39 Å². The number of rotatable bonds is 4. The van der Waals surface area contributed by atoms with Gasteiger partial charge in [-0.1, -0.05) is 30.3 Å². The highest BCUT2D eigenvalue weighted by atomic mass is 32.2. The Balaban J connectivity index is 1.59. The number of nitrogens with zero attached hydrogens (tertiary/aromatic N) is 1. The monoisotopic (exact) mass is 392 g/mol. The lowest BCUT2D eigenvalue weighted by atomic mass is 10.00. The van der Waals surface area contributed by atoms with Crippen molar-refractivity contribution in [3.8, 4) is 22.3 Å². The molecule has 0 saturated heterocycles. The molecule has 4 nitrogen and oxygen atoms in total. The summed E-state index contributed by atoms with van der Waals surface area (Å²) in [5.74, 6) is -0.409. The van der Waals surface area contributed by atoms with E-state index in [-0.39, 0.29) is 10.1 Å². The highest BCUT2D eigenvalue weighted by molar-refractivity contribution is 7.92. The van der Waals surface area contributed by atoms with Gasteiger partial charge in [0.1, 0.15) is 11.5 Å². The van der Waals surface area contributed by atoms with Crippen LogP contribution in [0, 0.1) is 5.82 Å². The molecule has 4 aromatic rings. The molecule has 0 unspecified atom stereocenters. The SMILES string of the molecule is O=S(=O)(c1ccccc1-c1ccc(-c2cnc3[nH]ccc3c2)c(F)c1)C1CC1. The van der Waals surface area contributed by atoms with Crippen LogP contribution in [-0.2, 0) is 9.84 Å². The first-order valence-corrected chi connectivity index (χ1v) is 10.6. The van der Waals surface area contributed by atoms with Gasteiger partial charge in [0.25, 0.3) is 0 Å². The molecule has 28 heavy (non-hydrogen) atoms. The van der Waals surface area contributed by atoms with Crippen molar-refractivity contribution in [2.75, 3.05) is 0 Å². The maximum absolute atomic E-state index is 15.0. The van der Waals surface area contributed by atoms with Crippen molar-refractivity contribution in [3.05, 3.63) is 72.8 Å². The first-order valence-electron chi connectivity index (χ1n) is 9.10. The Morgan fingerprint density at radius 3 is 2.57 bits per heavy atom. The van der Waals surface area contributed by atoms with Gasteiger partial charge in [-0.15, -0.1) is 0 Å². The predicted octanol–water partition coefficient (Wildman–Crippen LogP) is 4.97. The third-order valence-corrected chi connectivity index (χ3v) is 7.47. The van der Waals surface area contributed by atoms with E-state index >= 15 is 0 Å². The van der Waals surface area contributed by atoms with Crippen LogP contribution in [0.15, 0.2) is 71.9 Å². The normalized spacial score (nSPS) is 14.5. The summed E-state index contributed by atoms with van der Waals surface area (Å²) in [4.78, 5) is 7.60. The number of aromatic nitrogens is 2. The van der Waals surface area contributed by atoms with Crippen molar-refractivity contribution < 1.29 is 12.8 Å². The van der Waals surface area contributed by atoms with Crippen molar-refractivity contribution in [2.45, 2.75) is 23.0 Å². The van der Waals surface area contributed by atoms with E-state index in [1.54, 1.807) is 48.8 Å². The number of nitrogens with one attached hydrogen (secondary N) is 1. The summed E-state index contributed by atoms with van der Waals surface area (Å²) >= 11 is 0. The van der Waals surface area contributed by atoms with Gasteiger partial charge in [-0.25, -0.2) is 17.8 Å². The average Bonchev–Trinajstić information content (AvgIpc) is 3.47. The highest BCUT2D eigenvalue weighted by Gasteiger charge is 2.38. The Morgan fingerprint density at radius 2 is 1.79 bits per heavy atom. The second-order valence-corrected chi connectivity index (χ2v) is 9.27. The summed E-state index contributed by atoms with van der Waals surface area (Å²) in [5.41, 5.74) is 2.95. The van der Waals surface area contributed by atoms with Gasteiger partial charge in [-0.3, -0.25) is 0 Å². The number of hydrogen-bond donors (Lipinski definition) is 1. The van der Waals surface area contributed by atoms with E-state index in [1.807, 2.05) is 12.1 Å². The van der Waals surface area contributed by atoms with Gasteiger partial charge >= 0.3 is 0 Å². The van der Waals surface area contributed by atoms with Crippen LogP contribution in [0.5, 0.6) is 0 Å². The topological polar surface area (TPSA) is 62.8 Å². The number of benzene rings is 2. The Bertz CT molecular complexity index is 1310. The maximum Gasteiger partial charge on any atom is 0.181 e. The number of aromatic amines is 1. The summed E-state index contributed by atoms with van der Waals surface area (Å²) in [6.45, 7) is 0. The van der Waals surface area contributed by atoms with E-state index in [4.69, 9.17) is 0 Å². The fraction of sp³-hybridized carbons (Fsp3) is 0.136. The largest absolute Gasteiger partial charge is 0.346 e. The number of H-pyrrole nitrogens is 1. The van der Waals surface area contributed by atoms with Crippen LogP contribution in [0.25, 0.3) is 33.3 Å². The zero-order chi connectivity index (χ0) is 19.3. The van der Waals surface area contributed by atoms with Gasteiger partial charge in [0.15, 0.2) is 9.84 Å². The Kier molecular flexibility index (Phi) is 3.84. The number of pyridine rings is 1. The Labute approximate surface area is 162 Å². The zero-order valence-electron chi connectivity index (χ0n) is 14.9. The molecule has 1 aliphatic carbocycles. The van der Waals surface area contributed by atoms with E-state index in [0.717, 1.165) is 11.0 Å². The van der Waals surface area contributed by atoms with Crippen molar-refractivity contribution in [3.63, 3.8) is 0 Å². The van der Waals surface area contributed by atoms with Gasteiger partial charge in [-0.05, 0) is 42.7 Å². The number of hydrogen-bond acceptors (Lipinski definition) is 3. The van der Waals surface area contributed by atoms with Crippen LogP contribution in [-0.4, -0.2) is 23.6 Å². The summed E-state index contributed by atoms with van der Waals surface area (Å²) < 4.78 is 40.5. The second-order valence-electron chi connectivity index (χ2n) is 7.07. The van der Waals surface area contributed by atoms with Gasteiger partial charge in [0, 0.05) is 34.5 Å². The fourth-order valence-corrected chi connectivity index (χ4v) is 5.39. The summed E-state index contributed by atoms with van der Waals surface area (Å²) in [5, 5.41) is 0.596. The molecule has 5 rings (SSSR count). The van der Waals surface area contributed by atoms with E-state index in [9.17, 15) is 12.8 Å². The molecule has 140 valence electrons. The molecule has 1 aliphatic rings. The van der Waals surface area contributed by atoms with Crippen LogP contribution in [0.3, 0.4) is 0 Å². The first-order chi connectivity index (χ1) is 13.5. The van der Waals surface area contributed by atoms with E-state index in [0.29, 0.717) is 35.1 Å². The minimum atomic E-state index is -3.37. The highest BCUT2D eigenvalue weighted by Crippen LogP contribution is 2.38. The molecule has 2 heterocycles. The molecule has 2 aromatic carbocycles. The van der Waals surface area contributed by atoms with Gasteiger partial charge < -0.3 is 4.98 Å². The summed E-state index contributed by atoms with van der Waals surface area (Å²) in [7, 11) is -3.37. The number of sulfone groups is 1. The smallest absolute Gasteiger partial charge is 0.181 e. The Morgan fingerprint density at radius 1 is 0.964 bits per heavy atom. The fourth-order valence-electron chi connectivity index (χ4n) is 3.51. The third-order valence-electron chi connectivity index (χ3n) is 5.15.